The Morgan fingerprint density at radius 2 is 1.90 bits per heavy atom. The molecule has 0 heterocycles. The zero-order valence-electron chi connectivity index (χ0n) is 10.6. The normalized spacial score (nSPS) is 11.3. The molecule has 2 rings (SSSR count). The maximum atomic E-state index is 13.8. The second-order valence-corrected chi connectivity index (χ2v) is 6.79. The minimum Gasteiger partial charge on any atom is -0.454 e. The van der Waals surface area contributed by atoms with Crippen LogP contribution >= 0.6 is 15.9 Å². The van der Waals surface area contributed by atoms with Gasteiger partial charge in [-0.3, -0.25) is 0 Å². The Hall–Kier alpha value is -1.40. The van der Waals surface area contributed by atoms with Gasteiger partial charge in [-0.25, -0.2) is 12.8 Å². The molecule has 0 saturated heterocycles. The lowest BCUT2D eigenvalue weighted by Crippen LogP contribution is -1.98. The molecule has 0 saturated carbocycles. The van der Waals surface area contributed by atoms with Gasteiger partial charge in [-0.1, -0.05) is 34.1 Å². The molecule has 3 nitrogen and oxygen atoms in total. The first-order chi connectivity index (χ1) is 9.41. The molecule has 0 aromatic heterocycles. The minimum atomic E-state index is -3.33. The maximum Gasteiger partial charge on any atom is 0.175 e. The molecule has 2 aromatic rings. The molecule has 2 aromatic carbocycles. The predicted molar refractivity (Wildman–Crippen MR) is 78.7 cm³/mol. The second-order valence-electron chi connectivity index (χ2n) is 4.21. The van der Waals surface area contributed by atoms with Crippen molar-refractivity contribution in [3.63, 3.8) is 0 Å². The van der Waals surface area contributed by atoms with Gasteiger partial charge in [0.25, 0.3) is 0 Å². The second kappa shape index (κ2) is 5.93. The maximum absolute atomic E-state index is 13.8. The molecular formula is C14H12BrFO3S. The van der Waals surface area contributed by atoms with Crippen molar-refractivity contribution in [2.24, 2.45) is 0 Å². The average molecular weight is 359 g/mol. The lowest BCUT2D eigenvalue weighted by molar-refractivity contribution is 0.437. The Morgan fingerprint density at radius 3 is 2.55 bits per heavy atom. The summed E-state index contributed by atoms with van der Waals surface area (Å²) in [6.07, 6.45) is 1.11. The van der Waals surface area contributed by atoms with E-state index < -0.39 is 15.7 Å². The molecule has 6 heteroatoms. The number of ether oxygens (including phenoxy) is 1. The van der Waals surface area contributed by atoms with E-state index in [-0.39, 0.29) is 16.4 Å². The minimum absolute atomic E-state index is 0.0926. The summed E-state index contributed by atoms with van der Waals surface area (Å²) >= 11 is 3.26. The highest BCUT2D eigenvalue weighted by Gasteiger charge is 2.12. The number of alkyl halides is 1. The van der Waals surface area contributed by atoms with Gasteiger partial charge in [-0.05, 0) is 24.3 Å². The van der Waals surface area contributed by atoms with Gasteiger partial charge < -0.3 is 4.74 Å². The van der Waals surface area contributed by atoms with Crippen molar-refractivity contribution in [2.75, 3.05) is 6.26 Å². The van der Waals surface area contributed by atoms with Gasteiger partial charge in [0.1, 0.15) is 5.75 Å². The summed E-state index contributed by atoms with van der Waals surface area (Å²) in [5, 5.41) is 0.436. The van der Waals surface area contributed by atoms with Crippen LogP contribution in [0.3, 0.4) is 0 Å². The molecule has 0 aliphatic rings. The molecule has 20 heavy (non-hydrogen) atoms. The Bertz CT molecular complexity index is 729. The molecule has 0 aliphatic carbocycles. The Balaban J connectivity index is 2.41. The summed E-state index contributed by atoms with van der Waals surface area (Å²) in [6, 6.07) is 10.6. The van der Waals surface area contributed by atoms with E-state index in [0.29, 0.717) is 10.9 Å². The van der Waals surface area contributed by atoms with Gasteiger partial charge in [0.15, 0.2) is 21.4 Å². The highest BCUT2D eigenvalue weighted by Crippen LogP contribution is 2.30. The molecule has 0 amide bonds. The molecule has 106 valence electrons. The number of halogens is 2. The summed E-state index contributed by atoms with van der Waals surface area (Å²) in [6.45, 7) is 0. The molecule has 0 spiro atoms. The Kier molecular flexibility index (Phi) is 4.45. The summed E-state index contributed by atoms with van der Waals surface area (Å²) in [5.74, 6) is -0.123. The van der Waals surface area contributed by atoms with Gasteiger partial charge >= 0.3 is 0 Å². The summed E-state index contributed by atoms with van der Waals surface area (Å²) in [4.78, 5) is 0.131. The molecule has 0 radical (unpaired) electrons. The van der Waals surface area contributed by atoms with Gasteiger partial charge in [-0.15, -0.1) is 0 Å². The third kappa shape index (κ3) is 3.37. The highest BCUT2D eigenvalue weighted by atomic mass is 79.9. The third-order valence-corrected chi connectivity index (χ3v) is 4.36. The van der Waals surface area contributed by atoms with Gasteiger partial charge in [-0.2, -0.15) is 0 Å². The summed E-state index contributed by atoms with van der Waals surface area (Å²) < 4.78 is 42.3. The molecule has 0 atom stereocenters. The van der Waals surface area contributed by atoms with Gasteiger partial charge in [0.05, 0.1) is 4.90 Å². The topological polar surface area (TPSA) is 43.4 Å². The van der Waals surface area contributed by atoms with Gasteiger partial charge in [0, 0.05) is 17.1 Å². The van der Waals surface area contributed by atoms with E-state index in [1.165, 1.54) is 18.2 Å². The van der Waals surface area contributed by atoms with Crippen molar-refractivity contribution in [1.82, 2.24) is 0 Å². The molecule has 0 fully saturated rings. The van der Waals surface area contributed by atoms with E-state index in [1.807, 2.05) is 0 Å². The standard InChI is InChI=1S/C14H12BrFO3S/c1-20(17,18)12-6-3-5-11(8-12)19-14-10(9-15)4-2-7-13(14)16/h2-8H,9H2,1H3. The molecule has 0 bridgehead atoms. The lowest BCUT2D eigenvalue weighted by Gasteiger charge is -2.11. The van der Waals surface area contributed by atoms with E-state index in [2.05, 4.69) is 15.9 Å². The van der Waals surface area contributed by atoms with Crippen LogP contribution in [0, 0.1) is 5.82 Å². The predicted octanol–water partition coefficient (Wildman–Crippen LogP) is 3.92. The summed E-state index contributed by atoms with van der Waals surface area (Å²) in [7, 11) is -3.33. The first kappa shape index (κ1) is 15.0. The molecular weight excluding hydrogens is 347 g/mol. The van der Waals surface area contributed by atoms with E-state index >= 15 is 0 Å². The van der Waals surface area contributed by atoms with Crippen molar-refractivity contribution < 1.29 is 17.5 Å². The fourth-order valence-electron chi connectivity index (χ4n) is 1.66. The smallest absolute Gasteiger partial charge is 0.175 e. The van der Waals surface area contributed by atoms with Crippen LogP contribution in [-0.2, 0) is 15.2 Å². The average Bonchev–Trinajstić information content (AvgIpc) is 2.40. The first-order valence-electron chi connectivity index (χ1n) is 5.73. The SMILES string of the molecule is CS(=O)(=O)c1cccc(Oc2c(F)cccc2CBr)c1. The van der Waals surface area contributed by atoms with Crippen LogP contribution in [0.4, 0.5) is 4.39 Å². The fourth-order valence-corrected chi connectivity index (χ4v) is 2.76. The Morgan fingerprint density at radius 1 is 1.20 bits per heavy atom. The van der Waals surface area contributed by atoms with Crippen molar-refractivity contribution >= 4 is 25.8 Å². The number of benzene rings is 2. The largest absolute Gasteiger partial charge is 0.454 e. The van der Waals surface area contributed by atoms with Crippen LogP contribution in [0.1, 0.15) is 5.56 Å². The third-order valence-electron chi connectivity index (χ3n) is 2.65. The lowest BCUT2D eigenvalue weighted by atomic mass is 10.2. The van der Waals surface area contributed by atoms with Crippen molar-refractivity contribution in [3.8, 4) is 11.5 Å². The number of hydrogen-bond acceptors (Lipinski definition) is 3. The fraction of sp³-hybridized carbons (Fsp3) is 0.143. The number of rotatable bonds is 4. The number of para-hydroxylation sites is 1. The van der Waals surface area contributed by atoms with E-state index in [0.717, 1.165) is 6.26 Å². The zero-order chi connectivity index (χ0) is 14.8. The molecule has 0 aliphatic heterocycles. The van der Waals surface area contributed by atoms with Crippen molar-refractivity contribution in [1.29, 1.82) is 0 Å². The quantitative estimate of drug-likeness (QED) is 0.778. The van der Waals surface area contributed by atoms with Crippen LogP contribution in [0.2, 0.25) is 0 Å². The van der Waals surface area contributed by atoms with Crippen LogP contribution in [0.15, 0.2) is 47.4 Å². The van der Waals surface area contributed by atoms with E-state index in [1.54, 1.807) is 24.3 Å². The summed E-state index contributed by atoms with van der Waals surface area (Å²) in [5.41, 5.74) is 0.648. The number of hydrogen-bond donors (Lipinski definition) is 0. The van der Waals surface area contributed by atoms with Gasteiger partial charge in [0.2, 0.25) is 0 Å². The van der Waals surface area contributed by atoms with E-state index in [9.17, 15) is 12.8 Å². The Labute approximate surface area is 125 Å². The van der Waals surface area contributed by atoms with Crippen LogP contribution in [0.5, 0.6) is 11.5 Å². The first-order valence-corrected chi connectivity index (χ1v) is 8.74. The van der Waals surface area contributed by atoms with E-state index in [4.69, 9.17) is 4.74 Å². The molecule has 0 N–H and O–H groups in total. The highest BCUT2D eigenvalue weighted by molar-refractivity contribution is 9.08. The number of sulfone groups is 1. The van der Waals surface area contributed by atoms with Crippen molar-refractivity contribution in [3.05, 3.63) is 53.8 Å². The molecule has 0 unspecified atom stereocenters. The van der Waals surface area contributed by atoms with Crippen LogP contribution < -0.4 is 4.74 Å². The zero-order valence-corrected chi connectivity index (χ0v) is 13.0. The van der Waals surface area contributed by atoms with Crippen LogP contribution in [-0.4, -0.2) is 14.7 Å². The van der Waals surface area contributed by atoms with Crippen LogP contribution in [0.25, 0.3) is 0 Å². The van der Waals surface area contributed by atoms with Crippen molar-refractivity contribution in [2.45, 2.75) is 10.2 Å². The monoisotopic (exact) mass is 358 g/mol.